The van der Waals surface area contributed by atoms with Crippen molar-refractivity contribution in [1.82, 2.24) is 9.69 Å². The third kappa shape index (κ3) is 1.10. The van der Waals surface area contributed by atoms with Crippen molar-refractivity contribution in [2.75, 3.05) is 11.5 Å². The van der Waals surface area contributed by atoms with Gasteiger partial charge in [0.2, 0.25) is 5.43 Å². The molecule has 1 heterocycles. The molecule has 0 atom stereocenters. The predicted molar refractivity (Wildman–Crippen MR) is 54.4 cm³/mol. The number of nitrogens with one attached hydrogen (secondary N) is 1. The smallest absolute Gasteiger partial charge is 0.213 e. The van der Waals surface area contributed by atoms with E-state index in [9.17, 15) is 4.79 Å². The normalized spacial score (nSPS) is 10.8. The van der Waals surface area contributed by atoms with Gasteiger partial charge in [-0.15, -0.1) is 0 Å². The van der Waals surface area contributed by atoms with E-state index >= 15 is 0 Å². The Labute approximate surface area is 88.3 Å². The highest BCUT2D eigenvalue weighted by Crippen LogP contribution is 2.17. The lowest BCUT2D eigenvalue weighted by molar-refractivity contribution is -0.0167. The number of aromatic nitrogens is 2. The summed E-state index contributed by atoms with van der Waals surface area (Å²) in [5.74, 6) is 0. The van der Waals surface area contributed by atoms with Crippen molar-refractivity contribution in [3.05, 3.63) is 28.0 Å². The summed E-state index contributed by atoms with van der Waals surface area (Å²) in [6.07, 6.45) is 1.94. The van der Waals surface area contributed by atoms with Crippen molar-refractivity contribution in [2.45, 2.75) is 0 Å². The van der Waals surface area contributed by atoms with Crippen molar-refractivity contribution >= 4 is 11.4 Å². The van der Waals surface area contributed by atoms with Gasteiger partial charge >= 0.3 is 0 Å². The van der Waals surface area contributed by atoms with Gasteiger partial charge in [0, 0.05) is 5.56 Å². The first-order valence-electron chi connectivity index (χ1n) is 4.23. The molecular weight excluding hydrogens is 214 g/mol. The highest BCUT2D eigenvalue weighted by Gasteiger charge is 2.17. The van der Waals surface area contributed by atoms with Crippen LogP contribution in [-0.4, -0.2) is 20.1 Å². The summed E-state index contributed by atoms with van der Waals surface area (Å²) in [5.41, 5.74) is 10.0. The molecule has 0 saturated carbocycles. The molecular formula is C8H9N5O3. The first-order chi connectivity index (χ1) is 7.43. The number of nitrogens with zero attached hydrogens (tertiary/aromatic N) is 2. The average Bonchev–Trinajstić information content (AvgIpc) is 2.26. The molecule has 0 radical (unpaired) electrons. The fourth-order valence-corrected chi connectivity index (χ4v) is 1.42. The van der Waals surface area contributed by atoms with E-state index in [0.717, 1.165) is 12.4 Å². The van der Waals surface area contributed by atoms with E-state index in [0.29, 0.717) is 9.69 Å². The van der Waals surface area contributed by atoms with Crippen molar-refractivity contribution in [2.24, 2.45) is 0 Å². The molecule has 8 nitrogen and oxygen atoms in total. The largest absolute Gasteiger partial charge is 0.411 e. The minimum absolute atomic E-state index is 0.00417. The maximum Gasteiger partial charge on any atom is 0.213 e. The Balaban J connectivity index is 3.09. The molecule has 0 fully saturated rings. The molecule has 2 aliphatic rings. The summed E-state index contributed by atoms with van der Waals surface area (Å²) < 4.78 is 0. The quantitative estimate of drug-likeness (QED) is 0.283. The monoisotopic (exact) mass is 223 g/mol. The molecule has 0 aromatic heterocycles. The van der Waals surface area contributed by atoms with Crippen LogP contribution in [0, 0.1) is 5.41 Å². The molecule has 0 aromatic rings. The SMILES string of the molecule is N=c1c2cn(O)n(O)cc-2c(=O)c(N)c1N. The highest BCUT2D eigenvalue weighted by molar-refractivity contribution is 5.77. The molecule has 8 heteroatoms. The van der Waals surface area contributed by atoms with Gasteiger partial charge in [0.25, 0.3) is 0 Å². The van der Waals surface area contributed by atoms with E-state index < -0.39 is 5.43 Å². The van der Waals surface area contributed by atoms with Crippen LogP contribution in [0.25, 0.3) is 11.1 Å². The van der Waals surface area contributed by atoms with Crippen molar-refractivity contribution in [1.29, 1.82) is 5.41 Å². The molecule has 0 aromatic carbocycles. The third-order valence-corrected chi connectivity index (χ3v) is 2.31. The molecule has 0 saturated heterocycles. The summed E-state index contributed by atoms with van der Waals surface area (Å²) in [6.45, 7) is 0. The van der Waals surface area contributed by atoms with Gasteiger partial charge in [-0.1, -0.05) is 9.69 Å². The van der Waals surface area contributed by atoms with Crippen LogP contribution in [-0.2, 0) is 0 Å². The molecule has 0 unspecified atom stereocenters. The van der Waals surface area contributed by atoms with Crippen LogP contribution in [0.15, 0.2) is 17.2 Å². The lowest BCUT2D eigenvalue weighted by Crippen LogP contribution is -2.27. The molecule has 16 heavy (non-hydrogen) atoms. The molecule has 84 valence electrons. The number of hydrogen-bond donors (Lipinski definition) is 5. The van der Waals surface area contributed by atoms with Gasteiger partial charge in [-0.25, -0.2) is 0 Å². The van der Waals surface area contributed by atoms with Crippen LogP contribution in [0.2, 0.25) is 0 Å². The summed E-state index contributed by atoms with van der Waals surface area (Å²) in [7, 11) is 0. The van der Waals surface area contributed by atoms with E-state index in [2.05, 4.69) is 0 Å². The fourth-order valence-electron chi connectivity index (χ4n) is 1.42. The molecule has 2 rings (SSSR count). The number of nitrogen functional groups attached to an aromatic ring is 2. The first kappa shape index (κ1) is 9.90. The van der Waals surface area contributed by atoms with Crippen LogP contribution in [0.5, 0.6) is 0 Å². The lowest BCUT2D eigenvalue weighted by Gasteiger charge is -2.12. The Morgan fingerprint density at radius 3 is 2.12 bits per heavy atom. The van der Waals surface area contributed by atoms with Crippen LogP contribution in [0.1, 0.15) is 0 Å². The maximum absolute atomic E-state index is 11.7. The number of hydrogen-bond acceptors (Lipinski definition) is 6. The Morgan fingerprint density at radius 2 is 1.56 bits per heavy atom. The minimum Gasteiger partial charge on any atom is -0.411 e. The molecule has 1 aliphatic carbocycles. The van der Waals surface area contributed by atoms with E-state index in [1.807, 2.05) is 0 Å². The molecule has 7 N–H and O–H groups in total. The van der Waals surface area contributed by atoms with Crippen LogP contribution < -0.4 is 22.3 Å². The van der Waals surface area contributed by atoms with Crippen molar-refractivity contribution < 1.29 is 10.4 Å². The number of anilines is 2. The Morgan fingerprint density at radius 1 is 1.06 bits per heavy atom. The minimum atomic E-state index is -0.591. The van der Waals surface area contributed by atoms with Gasteiger partial charge in [-0.05, 0) is 0 Å². The Bertz CT molecular complexity index is 599. The predicted octanol–water partition coefficient (Wildman–Crippen LogP) is -1.13. The molecule has 0 bridgehead atoms. The number of benzene rings is 1. The first-order valence-corrected chi connectivity index (χ1v) is 4.23. The standard InChI is InChI=1S/C8H9N5O3/c9-5-3-1-12(15)13(16)2-4(3)8(14)7(11)6(5)10/h1-2,9,15-16H,10-11H2. The summed E-state index contributed by atoms with van der Waals surface area (Å²) in [6, 6.07) is 0. The maximum atomic E-state index is 11.7. The van der Waals surface area contributed by atoms with Gasteiger partial charge in [-0.3, -0.25) is 10.2 Å². The second kappa shape index (κ2) is 2.92. The number of rotatable bonds is 0. The number of nitrogens with two attached hydrogens (primary N) is 2. The zero-order chi connectivity index (χ0) is 12.0. The van der Waals surface area contributed by atoms with Gasteiger partial charge in [0.05, 0.1) is 29.0 Å². The summed E-state index contributed by atoms with van der Waals surface area (Å²) >= 11 is 0. The Hall–Kier alpha value is -2.64. The third-order valence-electron chi connectivity index (χ3n) is 2.31. The average molecular weight is 223 g/mol. The zero-order valence-electron chi connectivity index (χ0n) is 8.01. The lowest BCUT2D eigenvalue weighted by atomic mass is 10.0. The van der Waals surface area contributed by atoms with E-state index in [4.69, 9.17) is 27.3 Å². The molecule has 0 amide bonds. The van der Waals surface area contributed by atoms with Crippen LogP contribution in [0.3, 0.4) is 0 Å². The second-order valence-electron chi connectivity index (χ2n) is 3.26. The van der Waals surface area contributed by atoms with Crippen LogP contribution in [0.4, 0.5) is 11.4 Å². The highest BCUT2D eigenvalue weighted by atomic mass is 16.6. The van der Waals surface area contributed by atoms with E-state index in [1.165, 1.54) is 0 Å². The van der Waals surface area contributed by atoms with Gasteiger partial charge < -0.3 is 21.9 Å². The molecule has 0 spiro atoms. The van der Waals surface area contributed by atoms with Crippen molar-refractivity contribution in [3.63, 3.8) is 0 Å². The number of fused-ring (bicyclic) bond motifs is 1. The van der Waals surface area contributed by atoms with Gasteiger partial charge in [0.15, 0.2) is 0 Å². The topological polar surface area (TPSA) is 143 Å². The van der Waals surface area contributed by atoms with Gasteiger partial charge in [0.1, 0.15) is 5.69 Å². The fraction of sp³-hybridized carbons (Fsp3) is 0. The van der Waals surface area contributed by atoms with Crippen molar-refractivity contribution in [3.8, 4) is 11.1 Å². The second-order valence-corrected chi connectivity index (χ2v) is 3.26. The van der Waals surface area contributed by atoms with E-state index in [-0.39, 0.29) is 27.9 Å². The molecule has 1 aliphatic heterocycles. The summed E-state index contributed by atoms with van der Waals surface area (Å²) in [5, 5.41) is 25.8. The van der Waals surface area contributed by atoms with Gasteiger partial charge in [-0.2, -0.15) is 0 Å². The van der Waals surface area contributed by atoms with Crippen LogP contribution >= 0.6 is 0 Å². The summed E-state index contributed by atoms with van der Waals surface area (Å²) in [4.78, 5) is 12.3. The van der Waals surface area contributed by atoms with E-state index in [1.54, 1.807) is 0 Å². The zero-order valence-corrected chi connectivity index (χ0v) is 8.01. The Kier molecular flexibility index (Phi) is 1.81.